The quantitative estimate of drug-likeness (QED) is 0.258. The lowest BCUT2D eigenvalue weighted by Gasteiger charge is -2.43. The molecule has 0 radical (unpaired) electrons. The minimum absolute atomic E-state index is 0.293. The molecule has 2 aromatic carbocycles. The number of nitrogens with zero attached hydrogens (tertiary/aromatic N) is 3. The number of imidazole rings is 1. The van der Waals surface area contributed by atoms with Gasteiger partial charge in [0.25, 0.3) is 5.91 Å². The molecule has 6 nitrogen and oxygen atoms in total. The summed E-state index contributed by atoms with van der Waals surface area (Å²) in [4.78, 5) is 26.5. The monoisotopic (exact) mass is 573 g/mol. The molecule has 5 rings (SSSR count). The highest BCUT2D eigenvalue weighted by Gasteiger charge is 2.27. The molecule has 4 aromatic rings. The van der Waals surface area contributed by atoms with E-state index >= 15 is 0 Å². The molecule has 1 amide bonds. The van der Waals surface area contributed by atoms with Crippen LogP contribution in [0.1, 0.15) is 24.2 Å². The number of benzene rings is 2. The molecule has 2 N–H and O–H groups in total. The second kappa shape index (κ2) is 10.7. The Kier molecular flexibility index (Phi) is 7.52. The van der Waals surface area contributed by atoms with Crippen molar-refractivity contribution in [1.82, 2.24) is 14.9 Å². The lowest BCUT2D eigenvalue weighted by molar-refractivity contribution is 0.102. The van der Waals surface area contributed by atoms with E-state index in [4.69, 9.17) is 34.8 Å². The fraction of sp³-hybridized carbons (Fsp3) is 0.259. The number of rotatable bonds is 5. The summed E-state index contributed by atoms with van der Waals surface area (Å²) in [5, 5.41) is 3.86. The van der Waals surface area contributed by atoms with Crippen LogP contribution in [0, 0.1) is 0 Å². The van der Waals surface area contributed by atoms with E-state index in [9.17, 15) is 4.79 Å². The molecule has 3 heterocycles. The van der Waals surface area contributed by atoms with E-state index in [-0.39, 0.29) is 5.91 Å². The van der Waals surface area contributed by atoms with Crippen molar-refractivity contribution in [2.75, 3.05) is 30.4 Å². The zero-order valence-electron chi connectivity index (χ0n) is 20.6. The number of likely N-dealkylation sites (N-methyl/N-ethyl adjacent to an activating group) is 1. The van der Waals surface area contributed by atoms with E-state index in [0.717, 1.165) is 29.3 Å². The molecule has 2 aromatic heterocycles. The Bertz CT molecular complexity index is 1440. The zero-order chi connectivity index (χ0) is 26.3. The number of piperazine rings is 1. The number of carbonyl (C=O) groups excluding carboxylic acids is 1. The van der Waals surface area contributed by atoms with Crippen LogP contribution in [0.15, 0.2) is 54.7 Å². The number of aromatic nitrogens is 2. The maximum absolute atomic E-state index is 13.1. The van der Waals surface area contributed by atoms with Gasteiger partial charge >= 0.3 is 0 Å². The van der Waals surface area contributed by atoms with Gasteiger partial charge in [0.2, 0.25) is 0 Å². The van der Waals surface area contributed by atoms with Crippen molar-refractivity contribution in [3.8, 4) is 22.0 Å². The lowest BCUT2D eigenvalue weighted by Crippen LogP contribution is -2.55. The largest absolute Gasteiger partial charge is 0.368 e. The van der Waals surface area contributed by atoms with Crippen LogP contribution in [-0.4, -0.2) is 53.0 Å². The highest BCUT2D eigenvalue weighted by atomic mass is 35.5. The van der Waals surface area contributed by atoms with E-state index in [0.29, 0.717) is 49.1 Å². The van der Waals surface area contributed by atoms with Gasteiger partial charge in [0, 0.05) is 42.1 Å². The van der Waals surface area contributed by atoms with Gasteiger partial charge in [-0.15, -0.1) is 11.3 Å². The molecule has 1 saturated heterocycles. The van der Waals surface area contributed by atoms with Crippen LogP contribution >= 0.6 is 46.1 Å². The number of thiophene rings is 1. The van der Waals surface area contributed by atoms with Crippen LogP contribution in [0.3, 0.4) is 0 Å². The SMILES string of the molecule is C[C@@H]1CN(c2ccc(C(=O)Nc3ccc(Cl)c(-c4ncc(-c5ccc(Cl)s5)[nH]4)c3)c(Cl)c2)C[C@H](C)N1C. The molecule has 0 spiro atoms. The summed E-state index contributed by atoms with van der Waals surface area (Å²) in [5.74, 6) is 0.303. The van der Waals surface area contributed by atoms with Crippen molar-refractivity contribution in [3.63, 3.8) is 0 Å². The number of amides is 1. The average molecular weight is 575 g/mol. The first-order chi connectivity index (χ1) is 17.7. The van der Waals surface area contributed by atoms with Gasteiger partial charge in [-0.05, 0) is 69.4 Å². The zero-order valence-corrected chi connectivity index (χ0v) is 23.6. The molecule has 0 bridgehead atoms. The third-order valence-corrected chi connectivity index (χ3v) is 8.72. The first-order valence-corrected chi connectivity index (χ1v) is 13.8. The van der Waals surface area contributed by atoms with Gasteiger partial charge in [-0.2, -0.15) is 0 Å². The second-order valence-corrected chi connectivity index (χ2v) is 11.9. The minimum atomic E-state index is -0.293. The molecule has 1 aliphatic rings. The smallest absolute Gasteiger partial charge is 0.257 e. The predicted molar refractivity (Wildman–Crippen MR) is 156 cm³/mol. The van der Waals surface area contributed by atoms with Gasteiger partial charge in [0.05, 0.1) is 36.7 Å². The Labute approximate surface area is 235 Å². The average Bonchev–Trinajstić information content (AvgIpc) is 3.52. The van der Waals surface area contributed by atoms with Crippen LogP contribution in [0.2, 0.25) is 14.4 Å². The van der Waals surface area contributed by atoms with E-state index in [2.05, 4.69) is 46.0 Å². The van der Waals surface area contributed by atoms with Gasteiger partial charge in [0.1, 0.15) is 5.82 Å². The predicted octanol–water partition coefficient (Wildman–Crippen LogP) is 7.55. The molecule has 37 heavy (non-hydrogen) atoms. The molecular formula is C27H26Cl3N5OS. The first kappa shape index (κ1) is 26.1. The number of nitrogens with one attached hydrogen (secondary N) is 2. The summed E-state index contributed by atoms with van der Waals surface area (Å²) in [6, 6.07) is 15.5. The fourth-order valence-corrected chi connectivity index (χ4v) is 6.00. The lowest BCUT2D eigenvalue weighted by atomic mass is 10.1. The maximum Gasteiger partial charge on any atom is 0.257 e. The summed E-state index contributed by atoms with van der Waals surface area (Å²) in [6.07, 6.45) is 1.74. The highest BCUT2D eigenvalue weighted by molar-refractivity contribution is 7.19. The van der Waals surface area contributed by atoms with Crippen LogP contribution < -0.4 is 10.2 Å². The van der Waals surface area contributed by atoms with Crippen LogP contribution in [-0.2, 0) is 0 Å². The number of hydrogen-bond acceptors (Lipinski definition) is 5. The van der Waals surface area contributed by atoms with Crippen molar-refractivity contribution >= 4 is 63.4 Å². The van der Waals surface area contributed by atoms with Gasteiger partial charge in [0.15, 0.2) is 0 Å². The molecule has 0 unspecified atom stereocenters. The van der Waals surface area contributed by atoms with E-state index < -0.39 is 0 Å². The standard InChI is InChI=1S/C27H26Cl3N5OS/c1-15-13-35(14-16(2)34(15)3)18-5-6-19(22(29)11-18)27(36)32-17-4-7-21(28)20(10-17)26-31-12-23(33-26)24-8-9-25(30)37-24/h4-12,15-16H,13-14H2,1-3H3,(H,31,33)(H,32,36)/t15-,16+. The van der Waals surface area contributed by atoms with E-state index in [1.807, 2.05) is 24.3 Å². The Hall–Kier alpha value is -2.55. The minimum Gasteiger partial charge on any atom is -0.368 e. The number of aromatic amines is 1. The number of carbonyl (C=O) groups is 1. The maximum atomic E-state index is 13.1. The van der Waals surface area contributed by atoms with Crippen molar-refractivity contribution in [1.29, 1.82) is 0 Å². The number of hydrogen-bond donors (Lipinski definition) is 2. The Morgan fingerprint density at radius 2 is 1.78 bits per heavy atom. The first-order valence-electron chi connectivity index (χ1n) is 11.9. The summed E-state index contributed by atoms with van der Waals surface area (Å²) in [6.45, 7) is 6.25. The van der Waals surface area contributed by atoms with Crippen LogP contribution in [0.25, 0.3) is 22.0 Å². The summed E-state index contributed by atoms with van der Waals surface area (Å²) in [7, 11) is 2.15. The summed E-state index contributed by atoms with van der Waals surface area (Å²) in [5.41, 5.74) is 3.53. The Morgan fingerprint density at radius 3 is 2.46 bits per heavy atom. The Balaban J connectivity index is 1.33. The molecule has 0 saturated carbocycles. The van der Waals surface area contributed by atoms with Crippen molar-refractivity contribution in [2.24, 2.45) is 0 Å². The van der Waals surface area contributed by atoms with Gasteiger partial charge in [-0.3, -0.25) is 9.69 Å². The van der Waals surface area contributed by atoms with E-state index in [1.54, 1.807) is 30.5 Å². The van der Waals surface area contributed by atoms with Crippen molar-refractivity contribution < 1.29 is 4.79 Å². The Morgan fingerprint density at radius 1 is 1.03 bits per heavy atom. The highest BCUT2D eigenvalue weighted by Crippen LogP contribution is 2.34. The van der Waals surface area contributed by atoms with Gasteiger partial charge in [-0.25, -0.2) is 4.98 Å². The second-order valence-electron chi connectivity index (χ2n) is 9.33. The number of halogens is 3. The summed E-state index contributed by atoms with van der Waals surface area (Å²) < 4.78 is 0.702. The molecule has 1 fully saturated rings. The van der Waals surface area contributed by atoms with Gasteiger partial charge in [-0.1, -0.05) is 34.8 Å². The van der Waals surface area contributed by atoms with Crippen molar-refractivity contribution in [3.05, 3.63) is 74.7 Å². The van der Waals surface area contributed by atoms with E-state index in [1.165, 1.54) is 11.3 Å². The topological polar surface area (TPSA) is 64.3 Å². The third-order valence-electron chi connectivity index (χ3n) is 6.82. The molecular weight excluding hydrogens is 549 g/mol. The molecule has 192 valence electrons. The molecule has 10 heteroatoms. The van der Waals surface area contributed by atoms with Crippen LogP contribution in [0.5, 0.6) is 0 Å². The summed E-state index contributed by atoms with van der Waals surface area (Å²) >= 11 is 20.6. The fourth-order valence-electron chi connectivity index (χ4n) is 4.53. The molecule has 1 aliphatic heterocycles. The van der Waals surface area contributed by atoms with Crippen molar-refractivity contribution in [2.45, 2.75) is 25.9 Å². The number of H-pyrrole nitrogens is 1. The normalized spacial score (nSPS) is 18.3. The third kappa shape index (κ3) is 5.52. The number of anilines is 2. The molecule has 2 atom stereocenters. The van der Waals surface area contributed by atoms with Crippen LogP contribution in [0.4, 0.5) is 11.4 Å². The van der Waals surface area contributed by atoms with Gasteiger partial charge < -0.3 is 15.2 Å². The molecule has 0 aliphatic carbocycles.